The molecule has 0 radical (unpaired) electrons. The molecule has 0 N–H and O–H groups in total. The Bertz CT molecular complexity index is 757. The number of nitrogens with zero attached hydrogens (tertiary/aromatic N) is 2. The summed E-state index contributed by atoms with van der Waals surface area (Å²) < 4.78 is 11.8. The van der Waals surface area contributed by atoms with E-state index >= 15 is 0 Å². The molecule has 0 spiro atoms. The van der Waals surface area contributed by atoms with Crippen LogP contribution in [-0.4, -0.2) is 24.0 Å². The highest BCUT2D eigenvalue weighted by atomic mass is 79.9. The van der Waals surface area contributed by atoms with E-state index in [4.69, 9.17) is 20.8 Å². The van der Waals surface area contributed by atoms with Crippen molar-refractivity contribution in [3.05, 3.63) is 39.5 Å². The Labute approximate surface area is 140 Å². The number of halogens is 2. The van der Waals surface area contributed by atoms with Gasteiger partial charge in [-0.15, -0.1) is 0 Å². The van der Waals surface area contributed by atoms with Crippen LogP contribution in [0.2, 0.25) is 5.02 Å². The molecular formula is C15H12BrClN2O3. The molecule has 0 bridgehead atoms. The first-order valence-corrected chi connectivity index (χ1v) is 8.19. The Balaban J connectivity index is 1.69. The first-order chi connectivity index (χ1) is 10.6. The van der Waals surface area contributed by atoms with Crippen LogP contribution in [0.4, 0.5) is 5.69 Å². The number of oxazole rings is 1. The van der Waals surface area contributed by atoms with Gasteiger partial charge in [0.25, 0.3) is 5.91 Å². The van der Waals surface area contributed by atoms with Crippen LogP contribution in [0, 0.1) is 0 Å². The van der Waals surface area contributed by atoms with Crippen molar-refractivity contribution in [2.45, 2.75) is 18.8 Å². The second-order valence-corrected chi connectivity index (χ2v) is 6.71. The van der Waals surface area contributed by atoms with E-state index in [-0.39, 0.29) is 5.91 Å². The van der Waals surface area contributed by atoms with Crippen molar-refractivity contribution < 1.29 is 13.9 Å². The largest absolute Gasteiger partial charge is 0.488 e. The number of aromatic nitrogens is 1. The van der Waals surface area contributed by atoms with Gasteiger partial charge in [0, 0.05) is 10.4 Å². The fraction of sp³-hybridized carbons (Fsp3) is 0.333. The van der Waals surface area contributed by atoms with E-state index in [0.29, 0.717) is 47.1 Å². The summed E-state index contributed by atoms with van der Waals surface area (Å²) >= 11 is 9.58. The van der Waals surface area contributed by atoms with Gasteiger partial charge in [0.05, 0.1) is 17.3 Å². The fourth-order valence-corrected chi connectivity index (χ4v) is 3.35. The standard InChI is InChI=1S/C15H12BrClN2O3/c16-9-5-10(17)13-12(6-9)19(3-4-21-13)15(20)11-7-22-14(18-11)8-1-2-8/h5-8H,1-4H2. The number of hydrogen-bond acceptors (Lipinski definition) is 4. The zero-order chi connectivity index (χ0) is 15.3. The smallest absolute Gasteiger partial charge is 0.280 e. The Kier molecular flexibility index (Phi) is 3.38. The maximum atomic E-state index is 12.7. The van der Waals surface area contributed by atoms with E-state index < -0.39 is 0 Å². The van der Waals surface area contributed by atoms with Gasteiger partial charge in [-0.25, -0.2) is 4.98 Å². The normalized spacial score (nSPS) is 17.1. The summed E-state index contributed by atoms with van der Waals surface area (Å²) in [5.41, 5.74) is 0.970. The molecule has 4 rings (SSSR count). The lowest BCUT2D eigenvalue weighted by Gasteiger charge is -2.29. The molecule has 7 heteroatoms. The topological polar surface area (TPSA) is 55.6 Å². The van der Waals surface area contributed by atoms with Crippen molar-refractivity contribution in [2.75, 3.05) is 18.1 Å². The Morgan fingerprint density at radius 1 is 1.41 bits per heavy atom. The zero-order valence-corrected chi connectivity index (χ0v) is 13.9. The van der Waals surface area contributed by atoms with Crippen LogP contribution in [0.15, 0.2) is 27.3 Å². The SMILES string of the molecule is O=C(c1coc(C2CC2)n1)N1CCOc2c(Cl)cc(Br)cc21. The predicted octanol–water partition coefficient (Wildman–Crippen LogP) is 4.01. The number of ether oxygens (including phenoxy) is 1. The number of anilines is 1. The van der Waals surface area contributed by atoms with E-state index in [9.17, 15) is 4.79 Å². The van der Waals surface area contributed by atoms with Gasteiger partial charge in [0.1, 0.15) is 12.9 Å². The minimum atomic E-state index is -0.200. The first kappa shape index (κ1) is 14.1. The molecule has 0 atom stereocenters. The van der Waals surface area contributed by atoms with Gasteiger partial charge in [-0.2, -0.15) is 0 Å². The molecule has 22 heavy (non-hydrogen) atoms. The summed E-state index contributed by atoms with van der Waals surface area (Å²) in [6.07, 6.45) is 3.60. The molecule has 1 aliphatic carbocycles. The minimum Gasteiger partial charge on any atom is -0.488 e. The van der Waals surface area contributed by atoms with Gasteiger partial charge < -0.3 is 9.15 Å². The number of fused-ring (bicyclic) bond motifs is 1. The third-order valence-electron chi connectivity index (χ3n) is 3.75. The lowest BCUT2D eigenvalue weighted by Crippen LogP contribution is -2.38. The number of amides is 1. The van der Waals surface area contributed by atoms with Crippen LogP contribution in [0.5, 0.6) is 5.75 Å². The number of benzene rings is 1. The summed E-state index contributed by atoms with van der Waals surface area (Å²) in [6.45, 7) is 0.845. The summed E-state index contributed by atoms with van der Waals surface area (Å²) in [5, 5.41) is 0.473. The quantitative estimate of drug-likeness (QED) is 0.786. The van der Waals surface area contributed by atoms with E-state index in [1.807, 2.05) is 6.07 Å². The molecule has 0 saturated heterocycles. The fourth-order valence-electron chi connectivity index (χ4n) is 2.50. The molecule has 1 aromatic heterocycles. The van der Waals surface area contributed by atoms with Crippen molar-refractivity contribution >= 4 is 39.1 Å². The lowest BCUT2D eigenvalue weighted by molar-refractivity contribution is 0.0972. The van der Waals surface area contributed by atoms with E-state index in [0.717, 1.165) is 17.3 Å². The van der Waals surface area contributed by atoms with E-state index in [1.54, 1.807) is 11.0 Å². The molecule has 2 heterocycles. The van der Waals surface area contributed by atoms with E-state index in [1.165, 1.54) is 6.26 Å². The lowest BCUT2D eigenvalue weighted by atomic mass is 10.2. The van der Waals surface area contributed by atoms with Crippen molar-refractivity contribution in [3.63, 3.8) is 0 Å². The highest BCUT2D eigenvalue weighted by Gasteiger charge is 2.32. The summed E-state index contributed by atoms with van der Waals surface area (Å²) in [7, 11) is 0. The molecule has 114 valence electrons. The zero-order valence-electron chi connectivity index (χ0n) is 11.5. The average molecular weight is 384 g/mol. The minimum absolute atomic E-state index is 0.200. The molecule has 1 amide bonds. The van der Waals surface area contributed by atoms with Crippen molar-refractivity contribution in [1.82, 2.24) is 4.98 Å². The first-order valence-electron chi connectivity index (χ1n) is 7.02. The van der Waals surface area contributed by atoms with Gasteiger partial charge in [-0.1, -0.05) is 27.5 Å². The van der Waals surface area contributed by atoms with Gasteiger partial charge in [0.2, 0.25) is 0 Å². The molecule has 1 aromatic carbocycles. The van der Waals surface area contributed by atoms with Crippen LogP contribution in [-0.2, 0) is 0 Å². The summed E-state index contributed by atoms with van der Waals surface area (Å²) in [5.74, 6) is 1.36. The molecule has 2 aliphatic rings. The van der Waals surface area contributed by atoms with E-state index in [2.05, 4.69) is 20.9 Å². The Morgan fingerprint density at radius 3 is 3.00 bits per heavy atom. The van der Waals surface area contributed by atoms with Gasteiger partial charge in [-0.05, 0) is 25.0 Å². The van der Waals surface area contributed by atoms with Gasteiger partial charge in [-0.3, -0.25) is 9.69 Å². The van der Waals surface area contributed by atoms with Crippen molar-refractivity contribution in [2.24, 2.45) is 0 Å². The van der Waals surface area contributed by atoms with Gasteiger partial charge >= 0.3 is 0 Å². The molecular weight excluding hydrogens is 372 g/mol. The average Bonchev–Trinajstić information content (AvgIpc) is 3.23. The van der Waals surface area contributed by atoms with Crippen LogP contribution in [0.25, 0.3) is 0 Å². The number of rotatable bonds is 2. The van der Waals surface area contributed by atoms with Crippen LogP contribution >= 0.6 is 27.5 Å². The summed E-state index contributed by atoms with van der Waals surface area (Å²) in [6, 6.07) is 3.57. The molecule has 1 aliphatic heterocycles. The number of carbonyl (C=O) groups is 1. The van der Waals surface area contributed by atoms with Crippen LogP contribution < -0.4 is 9.64 Å². The monoisotopic (exact) mass is 382 g/mol. The maximum Gasteiger partial charge on any atom is 0.280 e. The van der Waals surface area contributed by atoms with Crippen LogP contribution in [0.3, 0.4) is 0 Å². The molecule has 5 nitrogen and oxygen atoms in total. The number of carbonyl (C=O) groups excluding carboxylic acids is 1. The second-order valence-electron chi connectivity index (χ2n) is 5.39. The highest BCUT2D eigenvalue weighted by molar-refractivity contribution is 9.10. The third-order valence-corrected chi connectivity index (χ3v) is 4.49. The molecule has 1 fully saturated rings. The predicted molar refractivity (Wildman–Crippen MR) is 84.8 cm³/mol. The summed E-state index contributed by atoms with van der Waals surface area (Å²) in [4.78, 5) is 18.7. The second kappa shape index (κ2) is 5.28. The molecule has 1 saturated carbocycles. The molecule has 2 aromatic rings. The Morgan fingerprint density at radius 2 is 2.23 bits per heavy atom. The molecule has 0 unspecified atom stereocenters. The Hall–Kier alpha value is -1.53. The number of hydrogen-bond donors (Lipinski definition) is 0. The van der Waals surface area contributed by atoms with Gasteiger partial charge in [0.15, 0.2) is 17.3 Å². The third kappa shape index (κ3) is 2.40. The van der Waals surface area contributed by atoms with Crippen molar-refractivity contribution in [1.29, 1.82) is 0 Å². The van der Waals surface area contributed by atoms with Crippen LogP contribution in [0.1, 0.15) is 35.1 Å². The van der Waals surface area contributed by atoms with Crippen molar-refractivity contribution in [3.8, 4) is 5.75 Å². The highest BCUT2D eigenvalue weighted by Crippen LogP contribution is 2.42. The maximum absolute atomic E-state index is 12.7.